The predicted octanol–water partition coefficient (Wildman–Crippen LogP) is 1.33. The van der Waals surface area contributed by atoms with E-state index >= 15 is 0 Å². The molecule has 1 rings (SSSR count). The first-order valence-corrected chi connectivity index (χ1v) is 3.73. The molecule has 0 aromatic carbocycles. The lowest BCUT2D eigenvalue weighted by atomic mass is 10.2. The molecule has 1 heterocycles. The summed E-state index contributed by atoms with van der Waals surface area (Å²) in [4.78, 5) is 13.3. The molecule has 0 unspecified atom stereocenters. The highest BCUT2D eigenvalue weighted by Gasteiger charge is 2.22. The summed E-state index contributed by atoms with van der Waals surface area (Å²) in [6.07, 6.45) is -1.74. The van der Waals surface area contributed by atoms with E-state index in [0.717, 1.165) is 13.3 Å². The molecule has 0 amide bonds. The summed E-state index contributed by atoms with van der Waals surface area (Å²) in [5.41, 5.74) is -1.23. The number of hydrogen-bond acceptors (Lipinski definition) is 3. The van der Waals surface area contributed by atoms with E-state index in [0.29, 0.717) is 0 Å². The van der Waals surface area contributed by atoms with E-state index in [1.165, 1.54) is 7.11 Å². The van der Waals surface area contributed by atoms with E-state index in [9.17, 15) is 13.6 Å². The predicted molar refractivity (Wildman–Crippen MR) is 45.1 cm³/mol. The number of H-pyrrole nitrogens is 1. The highest BCUT2D eigenvalue weighted by molar-refractivity contribution is 5.42. The molecule has 1 aromatic rings. The number of ether oxygens (including phenoxy) is 2. The Morgan fingerprint density at radius 1 is 1.36 bits per heavy atom. The van der Waals surface area contributed by atoms with Crippen LogP contribution >= 0.6 is 0 Å². The highest BCUT2D eigenvalue weighted by atomic mass is 19.3. The normalized spacial score (nSPS) is 10.4. The maximum atomic E-state index is 12.5. The minimum Gasteiger partial charge on any atom is -0.495 e. The van der Waals surface area contributed by atoms with Crippen LogP contribution in [0.1, 0.15) is 12.0 Å². The summed E-state index contributed by atoms with van der Waals surface area (Å²) in [7, 11) is 2.38. The molecule has 0 aliphatic heterocycles. The molecule has 0 aliphatic carbocycles. The lowest BCUT2D eigenvalue weighted by Gasteiger charge is -2.10. The molecule has 4 nitrogen and oxygen atoms in total. The smallest absolute Gasteiger partial charge is 0.291 e. The summed E-state index contributed by atoms with van der Waals surface area (Å²) < 4.78 is 34.3. The fraction of sp³-hybridized carbons (Fsp3) is 0.375. The third kappa shape index (κ3) is 1.68. The molecule has 0 saturated carbocycles. The van der Waals surface area contributed by atoms with Crippen molar-refractivity contribution in [2.24, 2.45) is 0 Å². The van der Waals surface area contributed by atoms with E-state index in [2.05, 4.69) is 14.5 Å². The molecule has 6 heteroatoms. The van der Waals surface area contributed by atoms with Crippen LogP contribution in [0.3, 0.4) is 0 Å². The summed E-state index contributed by atoms with van der Waals surface area (Å²) in [5, 5.41) is 0. The average Bonchev–Trinajstić information content (AvgIpc) is 2.17. The van der Waals surface area contributed by atoms with E-state index < -0.39 is 23.3 Å². The van der Waals surface area contributed by atoms with Gasteiger partial charge in [-0.25, -0.2) is 8.78 Å². The minimum absolute atomic E-state index is 0.101. The molecule has 1 N–H and O–H groups in total. The molecule has 0 bridgehead atoms. The molecule has 0 saturated heterocycles. The van der Waals surface area contributed by atoms with E-state index in [1.54, 1.807) is 0 Å². The van der Waals surface area contributed by atoms with Gasteiger partial charge in [0.05, 0.1) is 14.2 Å². The fourth-order valence-electron chi connectivity index (χ4n) is 1.09. The third-order valence-corrected chi connectivity index (χ3v) is 1.69. The van der Waals surface area contributed by atoms with E-state index in [-0.39, 0.29) is 5.75 Å². The number of nitrogens with one attached hydrogen (secondary N) is 1. The van der Waals surface area contributed by atoms with Gasteiger partial charge in [0.2, 0.25) is 0 Å². The Morgan fingerprint density at radius 3 is 2.43 bits per heavy atom. The van der Waals surface area contributed by atoms with Crippen molar-refractivity contribution >= 4 is 0 Å². The molecular weight excluding hydrogens is 196 g/mol. The Balaban J connectivity index is 3.44. The lowest BCUT2D eigenvalue weighted by molar-refractivity contribution is 0.142. The average molecular weight is 205 g/mol. The van der Waals surface area contributed by atoms with Gasteiger partial charge in [-0.05, 0) is 0 Å². The van der Waals surface area contributed by atoms with Crippen molar-refractivity contribution in [3.8, 4) is 11.5 Å². The molecule has 14 heavy (non-hydrogen) atoms. The van der Waals surface area contributed by atoms with Gasteiger partial charge in [0.25, 0.3) is 12.0 Å². The van der Waals surface area contributed by atoms with Crippen LogP contribution in [0.2, 0.25) is 0 Å². The first kappa shape index (κ1) is 10.5. The summed E-state index contributed by atoms with van der Waals surface area (Å²) >= 11 is 0. The first-order valence-electron chi connectivity index (χ1n) is 3.73. The molecule has 78 valence electrons. The van der Waals surface area contributed by atoms with Gasteiger partial charge < -0.3 is 14.5 Å². The van der Waals surface area contributed by atoms with Crippen LogP contribution < -0.4 is 15.0 Å². The fourth-order valence-corrected chi connectivity index (χ4v) is 1.09. The number of methoxy groups -OCH3 is 2. The molecule has 0 spiro atoms. The van der Waals surface area contributed by atoms with Crippen LogP contribution in [0.5, 0.6) is 11.5 Å². The quantitative estimate of drug-likeness (QED) is 0.809. The van der Waals surface area contributed by atoms with E-state index in [1.807, 2.05) is 0 Å². The van der Waals surface area contributed by atoms with Crippen molar-refractivity contribution in [2.45, 2.75) is 6.43 Å². The van der Waals surface area contributed by atoms with Crippen molar-refractivity contribution in [1.29, 1.82) is 0 Å². The van der Waals surface area contributed by atoms with Crippen molar-refractivity contribution in [1.82, 2.24) is 4.98 Å². The van der Waals surface area contributed by atoms with Gasteiger partial charge >= 0.3 is 0 Å². The topological polar surface area (TPSA) is 51.3 Å². The summed E-state index contributed by atoms with van der Waals surface area (Å²) in [6.45, 7) is 0. The highest BCUT2D eigenvalue weighted by Crippen LogP contribution is 2.33. The van der Waals surface area contributed by atoms with Crippen molar-refractivity contribution in [2.75, 3.05) is 14.2 Å². The number of hydrogen-bond donors (Lipinski definition) is 1. The Bertz CT molecular complexity index is 375. The first-order chi connectivity index (χ1) is 6.61. The van der Waals surface area contributed by atoms with E-state index in [4.69, 9.17) is 0 Å². The zero-order valence-electron chi connectivity index (χ0n) is 7.64. The monoisotopic (exact) mass is 205 g/mol. The Kier molecular flexibility index (Phi) is 3.06. The molecule has 1 aromatic heterocycles. The van der Waals surface area contributed by atoms with Crippen LogP contribution in [-0.4, -0.2) is 19.2 Å². The van der Waals surface area contributed by atoms with Gasteiger partial charge in [0, 0.05) is 6.20 Å². The Labute approximate surface area is 78.5 Å². The third-order valence-electron chi connectivity index (χ3n) is 1.69. The molecule has 0 atom stereocenters. The minimum atomic E-state index is -2.82. The van der Waals surface area contributed by atoms with Crippen LogP contribution in [-0.2, 0) is 0 Å². The number of aromatic nitrogens is 1. The number of pyridine rings is 1. The van der Waals surface area contributed by atoms with Crippen molar-refractivity contribution in [3.05, 3.63) is 22.1 Å². The van der Waals surface area contributed by atoms with Gasteiger partial charge in [-0.1, -0.05) is 0 Å². The Morgan fingerprint density at radius 2 is 2.00 bits per heavy atom. The number of halogens is 2. The SMILES string of the molecule is COc1c[nH]c(=O)c(OC)c1C(F)F. The van der Waals surface area contributed by atoms with Crippen LogP contribution in [0.25, 0.3) is 0 Å². The maximum absolute atomic E-state index is 12.5. The summed E-state index contributed by atoms with van der Waals surface area (Å²) in [6, 6.07) is 0. The van der Waals surface area contributed by atoms with Gasteiger partial charge in [0.1, 0.15) is 11.3 Å². The number of rotatable bonds is 3. The Hall–Kier alpha value is -1.59. The lowest BCUT2D eigenvalue weighted by Crippen LogP contribution is -2.13. The largest absolute Gasteiger partial charge is 0.495 e. The van der Waals surface area contributed by atoms with Gasteiger partial charge in [0.15, 0.2) is 5.75 Å². The standard InChI is InChI=1S/C8H9F2NO3/c1-13-4-3-11-8(12)6(14-2)5(4)7(9)10/h3,7H,1-2H3,(H,11,12). The molecule has 0 aliphatic rings. The van der Waals surface area contributed by atoms with Crippen molar-refractivity contribution in [3.63, 3.8) is 0 Å². The van der Waals surface area contributed by atoms with Crippen LogP contribution in [0, 0.1) is 0 Å². The van der Waals surface area contributed by atoms with Gasteiger partial charge in [-0.15, -0.1) is 0 Å². The number of alkyl halides is 2. The van der Waals surface area contributed by atoms with Crippen molar-refractivity contribution < 1.29 is 18.3 Å². The molecule has 0 radical (unpaired) electrons. The molecule has 0 fully saturated rings. The zero-order chi connectivity index (χ0) is 10.7. The second-order valence-electron chi connectivity index (χ2n) is 2.43. The van der Waals surface area contributed by atoms with Gasteiger partial charge in [-0.3, -0.25) is 4.79 Å². The molecular formula is C8H9F2NO3. The second-order valence-corrected chi connectivity index (χ2v) is 2.43. The number of aromatic amines is 1. The van der Waals surface area contributed by atoms with Gasteiger partial charge in [-0.2, -0.15) is 0 Å². The summed E-state index contributed by atoms with van der Waals surface area (Å²) in [5.74, 6) is -0.518. The maximum Gasteiger partial charge on any atom is 0.291 e. The van der Waals surface area contributed by atoms with Crippen LogP contribution in [0.4, 0.5) is 8.78 Å². The second kappa shape index (κ2) is 4.08. The van der Waals surface area contributed by atoms with Crippen LogP contribution in [0.15, 0.2) is 11.0 Å². The zero-order valence-corrected chi connectivity index (χ0v) is 7.64.